The molecule has 0 saturated heterocycles. The Labute approximate surface area is 88.7 Å². The molecule has 0 amide bonds. The second kappa shape index (κ2) is 5.57. The highest BCUT2D eigenvalue weighted by molar-refractivity contribution is 5.85. The highest BCUT2D eigenvalue weighted by atomic mass is 35.5. The zero-order chi connectivity index (χ0) is 9.84. The molecule has 0 aromatic heterocycles. The van der Waals surface area contributed by atoms with Crippen molar-refractivity contribution in [1.29, 1.82) is 0 Å². The lowest BCUT2D eigenvalue weighted by Crippen LogP contribution is -2.02. The van der Waals surface area contributed by atoms with Crippen LogP contribution in [0.15, 0.2) is 12.1 Å². The van der Waals surface area contributed by atoms with E-state index in [1.54, 1.807) is 6.07 Å². The van der Waals surface area contributed by atoms with Gasteiger partial charge in [0.1, 0.15) is 0 Å². The van der Waals surface area contributed by atoms with E-state index in [1.807, 2.05) is 0 Å². The van der Waals surface area contributed by atoms with Gasteiger partial charge in [0.25, 0.3) is 0 Å². The summed E-state index contributed by atoms with van der Waals surface area (Å²) in [6.45, 7) is 0.493. The number of aromatic hydroxyl groups is 2. The molecule has 4 nitrogen and oxygen atoms in total. The molecule has 0 atom stereocenters. The van der Waals surface area contributed by atoms with Crippen LogP contribution in [0.2, 0.25) is 0 Å². The van der Waals surface area contributed by atoms with Crippen molar-refractivity contribution in [3.63, 3.8) is 0 Å². The number of phenols is 2. The largest absolute Gasteiger partial charge is 0.504 e. The summed E-state index contributed by atoms with van der Waals surface area (Å²) in [6, 6.07) is 3.13. The van der Waals surface area contributed by atoms with Crippen LogP contribution in [0, 0.1) is 0 Å². The van der Waals surface area contributed by atoms with Gasteiger partial charge in [-0.1, -0.05) is 0 Å². The summed E-state index contributed by atoms with van der Waals surface area (Å²) >= 11 is 0. The zero-order valence-corrected chi connectivity index (χ0v) is 8.67. The number of hydrogen-bond acceptors (Lipinski definition) is 4. The van der Waals surface area contributed by atoms with E-state index in [2.05, 4.69) is 0 Å². The number of hydrogen-bond donors (Lipinski definition) is 3. The molecular formula is C9H14ClNO3. The zero-order valence-electron chi connectivity index (χ0n) is 7.86. The lowest BCUT2D eigenvalue weighted by molar-refractivity contribution is 0.350. The van der Waals surface area contributed by atoms with Crippen molar-refractivity contribution >= 4 is 12.4 Å². The summed E-state index contributed by atoms with van der Waals surface area (Å²) in [4.78, 5) is 0. The predicted octanol–water partition coefficient (Wildman–Crippen LogP) is 1.03. The molecule has 0 saturated carbocycles. The third kappa shape index (κ3) is 2.68. The number of rotatable bonds is 3. The van der Waals surface area contributed by atoms with Gasteiger partial charge in [0.2, 0.25) is 5.75 Å². The van der Waals surface area contributed by atoms with E-state index >= 15 is 0 Å². The number of ether oxygens (including phenoxy) is 1. The van der Waals surface area contributed by atoms with Crippen LogP contribution >= 0.6 is 12.4 Å². The normalized spacial score (nSPS) is 9.29. The summed E-state index contributed by atoms with van der Waals surface area (Å²) < 4.78 is 4.86. The molecule has 1 aromatic carbocycles. The number of phenolic OH excluding ortho intramolecular Hbond substituents is 2. The minimum absolute atomic E-state index is 0. The van der Waals surface area contributed by atoms with Crippen LogP contribution in [-0.2, 0) is 6.42 Å². The average molecular weight is 220 g/mol. The highest BCUT2D eigenvalue weighted by Crippen LogP contribution is 2.36. The van der Waals surface area contributed by atoms with Crippen molar-refractivity contribution in [3.8, 4) is 17.2 Å². The Kier molecular flexibility index (Phi) is 5.12. The Hall–Kier alpha value is -1.13. The Morgan fingerprint density at radius 3 is 2.50 bits per heavy atom. The topological polar surface area (TPSA) is 75.7 Å². The first-order valence-corrected chi connectivity index (χ1v) is 3.98. The molecule has 1 aromatic rings. The lowest BCUT2D eigenvalue weighted by Gasteiger charge is -2.07. The van der Waals surface area contributed by atoms with E-state index in [-0.39, 0.29) is 29.7 Å². The third-order valence-corrected chi connectivity index (χ3v) is 1.77. The first-order valence-electron chi connectivity index (χ1n) is 3.98. The standard InChI is InChI=1S/C9H13NO3.ClH/c1-13-8-5-6(2-3-10)4-7(11)9(8)12;/h4-5,11-12H,2-3,10H2,1H3;1H. The first-order chi connectivity index (χ1) is 6.19. The maximum atomic E-state index is 9.28. The number of benzene rings is 1. The van der Waals surface area contributed by atoms with Crippen LogP contribution in [0.5, 0.6) is 17.2 Å². The minimum Gasteiger partial charge on any atom is -0.504 e. The van der Waals surface area contributed by atoms with Crippen LogP contribution in [0.4, 0.5) is 0 Å². The Morgan fingerprint density at radius 1 is 1.36 bits per heavy atom. The SMILES string of the molecule is COc1cc(CCN)cc(O)c1O.Cl. The van der Waals surface area contributed by atoms with Gasteiger partial charge in [0.15, 0.2) is 11.5 Å². The molecule has 14 heavy (non-hydrogen) atoms. The number of halogens is 1. The van der Waals surface area contributed by atoms with Gasteiger partial charge in [-0.15, -0.1) is 12.4 Å². The molecule has 5 heteroatoms. The van der Waals surface area contributed by atoms with Crippen molar-refractivity contribution in [2.75, 3.05) is 13.7 Å². The molecule has 0 spiro atoms. The first kappa shape index (κ1) is 12.9. The molecular weight excluding hydrogens is 206 g/mol. The van der Waals surface area contributed by atoms with Crippen LogP contribution in [0.1, 0.15) is 5.56 Å². The Morgan fingerprint density at radius 2 is 2.00 bits per heavy atom. The predicted molar refractivity (Wildman–Crippen MR) is 56.3 cm³/mol. The van der Waals surface area contributed by atoms with Crippen molar-refractivity contribution < 1.29 is 14.9 Å². The lowest BCUT2D eigenvalue weighted by atomic mass is 10.1. The molecule has 0 unspecified atom stereocenters. The fourth-order valence-corrected chi connectivity index (χ4v) is 1.12. The summed E-state index contributed by atoms with van der Waals surface area (Å²) in [5.41, 5.74) is 6.20. The fraction of sp³-hybridized carbons (Fsp3) is 0.333. The summed E-state index contributed by atoms with van der Waals surface area (Å²) in [6.07, 6.45) is 0.643. The van der Waals surface area contributed by atoms with E-state index in [4.69, 9.17) is 10.5 Å². The molecule has 0 fully saturated rings. The van der Waals surface area contributed by atoms with Crippen LogP contribution in [0.3, 0.4) is 0 Å². The van der Waals surface area contributed by atoms with E-state index in [1.165, 1.54) is 13.2 Å². The van der Waals surface area contributed by atoms with E-state index in [0.29, 0.717) is 13.0 Å². The molecule has 0 aliphatic heterocycles. The molecule has 4 N–H and O–H groups in total. The third-order valence-electron chi connectivity index (χ3n) is 1.77. The molecule has 0 heterocycles. The van der Waals surface area contributed by atoms with Gasteiger partial charge in [-0.3, -0.25) is 0 Å². The highest BCUT2D eigenvalue weighted by Gasteiger charge is 2.08. The van der Waals surface area contributed by atoms with Crippen LogP contribution in [0.25, 0.3) is 0 Å². The van der Waals surface area contributed by atoms with Crippen molar-refractivity contribution in [3.05, 3.63) is 17.7 Å². The fourth-order valence-electron chi connectivity index (χ4n) is 1.12. The Bertz CT molecular complexity index is 304. The smallest absolute Gasteiger partial charge is 0.200 e. The van der Waals surface area contributed by atoms with Gasteiger partial charge in [0.05, 0.1) is 7.11 Å². The van der Waals surface area contributed by atoms with E-state index in [9.17, 15) is 10.2 Å². The van der Waals surface area contributed by atoms with Gasteiger partial charge in [0, 0.05) is 0 Å². The van der Waals surface area contributed by atoms with Gasteiger partial charge in [-0.25, -0.2) is 0 Å². The molecule has 0 aliphatic rings. The quantitative estimate of drug-likeness (QED) is 0.664. The van der Waals surface area contributed by atoms with E-state index < -0.39 is 0 Å². The average Bonchev–Trinajstić information content (AvgIpc) is 2.11. The van der Waals surface area contributed by atoms with Crippen molar-refractivity contribution in [1.82, 2.24) is 0 Å². The summed E-state index contributed by atoms with van der Waals surface area (Å²) in [5, 5.41) is 18.6. The van der Waals surface area contributed by atoms with Gasteiger partial charge >= 0.3 is 0 Å². The molecule has 0 bridgehead atoms. The number of methoxy groups -OCH3 is 1. The van der Waals surface area contributed by atoms with Gasteiger partial charge in [-0.2, -0.15) is 0 Å². The van der Waals surface area contributed by atoms with Crippen LogP contribution in [-0.4, -0.2) is 23.9 Å². The molecule has 0 radical (unpaired) electrons. The van der Waals surface area contributed by atoms with Gasteiger partial charge < -0.3 is 20.7 Å². The monoisotopic (exact) mass is 219 g/mol. The summed E-state index contributed by atoms with van der Waals surface area (Å²) in [7, 11) is 1.43. The molecule has 80 valence electrons. The maximum absolute atomic E-state index is 9.28. The molecule has 1 rings (SSSR count). The summed E-state index contributed by atoms with van der Waals surface area (Å²) in [5.74, 6) is -0.144. The molecule has 0 aliphatic carbocycles. The second-order valence-electron chi connectivity index (χ2n) is 2.70. The van der Waals surface area contributed by atoms with Crippen LogP contribution < -0.4 is 10.5 Å². The van der Waals surface area contributed by atoms with E-state index in [0.717, 1.165) is 5.56 Å². The van der Waals surface area contributed by atoms with Gasteiger partial charge in [-0.05, 0) is 30.7 Å². The van der Waals surface area contributed by atoms with Crippen molar-refractivity contribution in [2.45, 2.75) is 6.42 Å². The maximum Gasteiger partial charge on any atom is 0.200 e. The number of nitrogens with two attached hydrogens (primary N) is 1. The van der Waals surface area contributed by atoms with Crippen molar-refractivity contribution in [2.24, 2.45) is 5.73 Å². The Balaban J connectivity index is 0.00000169. The second-order valence-corrected chi connectivity index (χ2v) is 2.70. The minimum atomic E-state index is -0.233.